The second-order valence-electron chi connectivity index (χ2n) is 4.80. The lowest BCUT2D eigenvalue weighted by molar-refractivity contribution is 0.366. The fourth-order valence-electron chi connectivity index (χ4n) is 2.41. The van der Waals surface area contributed by atoms with Crippen molar-refractivity contribution in [3.05, 3.63) is 59.7 Å². The van der Waals surface area contributed by atoms with Gasteiger partial charge in [-0.15, -0.1) is 0 Å². The maximum atomic E-state index is 5.32. The van der Waals surface area contributed by atoms with Gasteiger partial charge in [-0.05, 0) is 53.6 Å². The van der Waals surface area contributed by atoms with Crippen molar-refractivity contribution in [2.75, 3.05) is 12.9 Å². The van der Waals surface area contributed by atoms with Crippen LogP contribution in [0.15, 0.2) is 48.5 Å². The van der Waals surface area contributed by atoms with Crippen molar-refractivity contribution in [3.63, 3.8) is 0 Å². The SMILES string of the molecule is CCc1cc(CCCOSC)ccc1-c1ccccc1. The molecule has 0 unspecified atom stereocenters. The Morgan fingerprint density at radius 1 is 1.05 bits per heavy atom. The maximum Gasteiger partial charge on any atom is 0.0616 e. The average Bonchev–Trinajstić information content (AvgIpc) is 2.52. The molecule has 0 aliphatic heterocycles. The van der Waals surface area contributed by atoms with Gasteiger partial charge in [-0.3, -0.25) is 0 Å². The van der Waals surface area contributed by atoms with E-state index in [-0.39, 0.29) is 0 Å². The topological polar surface area (TPSA) is 9.23 Å². The number of hydrogen-bond acceptors (Lipinski definition) is 2. The lowest BCUT2D eigenvalue weighted by Crippen LogP contribution is -1.95. The average molecular weight is 286 g/mol. The summed E-state index contributed by atoms with van der Waals surface area (Å²) in [5.41, 5.74) is 5.50. The number of rotatable bonds is 7. The molecular weight excluding hydrogens is 264 g/mol. The van der Waals surface area contributed by atoms with Gasteiger partial charge in [-0.25, -0.2) is 0 Å². The van der Waals surface area contributed by atoms with E-state index < -0.39 is 0 Å². The minimum Gasteiger partial charge on any atom is -0.316 e. The maximum absolute atomic E-state index is 5.32. The van der Waals surface area contributed by atoms with E-state index >= 15 is 0 Å². The van der Waals surface area contributed by atoms with Gasteiger partial charge in [0, 0.05) is 6.26 Å². The van der Waals surface area contributed by atoms with Gasteiger partial charge in [0.05, 0.1) is 6.61 Å². The van der Waals surface area contributed by atoms with Gasteiger partial charge in [-0.1, -0.05) is 55.5 Å². The molecule has 0 fully saturated rings. The molecule has 2 heteroatoms. The Morgan fingerprint density at radius 3 is 2.55 bits per heavy atom. The summed E-state index contributed by atoms with van der Waals surface area (Å²) < 4.78 is 5.32. The Labute approximate surface area is 126 Å². The zero-order valence-electron chi connectivity index (χ0n) is 12.3. The van der Waals surface area contributed by atoms with E-state index in [0.717, 1.165) is 25.9 Å². The van der Waals surface area contributed by atoms with E-state index in [1.54, 1.807) is 0 Å². The van der Waals surface area contributed by atoms with Crippen LogP contribution >= 0.6 is 12.0 Å². The smallest absolute Gasteiger partial charge is 0.0616 e. The molecule has 0 radical (unpaired) electrons. The van der Waals surface area contributed by atoms with Crippen molar-refractivity contribution in [1.82, 2.24) is 0 Å². The van der Waals surface area contributed by atoms with Crippen LogP contribution in [0.25, 0.3) is 11.1 Å². The van der Waals surface area contributed by atoms with Crippen LogP contribution in [0.1, 0.15) is 24.5 Å². The third-order valence-corrected chi connectivity index (χ3v) is 3.85. The van der Waals surface area contributed by atoms with E-state index in [1.807, 2.05) is 6.26 Å². The highest BCUT2D eigenvalue weighted by atomic mass is 32.2. The molecule has 2 rings (SSSR count). The van der Waals surface area contributed by atoms with Crippen LogP contribution in [0.3, 0.4) is 0 Å². The number of aryl methyl sites for hydroxylation is 2. The molecule has 2 aromatic carbocycles. The van der Waals surface area contributed by atoms with Gasteiger partial charge in [0.1, 0.15) is 0 Å². The molecule has 20 heavy (non-hydrogen) atoms. The molecule has 0 aliphatic rings. The van der Waals surface area contributed by atoms with Gasteiger partial charge in [0.25, 0.3) is 0 Å². The highest BCUT2D eigenvalue weighted by Crippen LogP contribution is 2.25. The van der Waals surface area contributed by atoms with E-state index in [2.05, 4.69) is 55.5 Å². The predicted octanol–water partition coefficient (Wildman–Crippen LogP) is 5.14. The molecule has 0 saturated heterocycles. The molecule has 0 atom stereocenters. The quantitative estimate of drug-likeness (QED) is 0.514. The molecule has 2 aromatic rings. The van der Waals surface area contributed by atoms with Crippen LogP contribution in [0.4, 0.5) is 0 Å². The zero-order valence-corrected chi connectivity index (χ0v) is 13.1. The van der Waals surface area contributed by atoms with Gasteiger partial charge in [-0.2, -0.15) is 0 Å². The standard InChI is InChI=1S/C18H22OS/c1-3-16-14-15(8-7-13-19-20-2)11-12-18(16)17-9-5-4-6-10-17/h4-6,9-12,14H,3,7-8,13H2,1-2H3. The first-order valence-electron chi connectivity index (χ1n) is 7.18. The lowest BCUT2D eigenvalue weighted by Gasteiger charge is -2.11. The zero-order chi connectivity index (χ0) is 14.2. The van der Waals surface area contributed by atoms with Crippen molar-refractivity contribution < 1.29 is 4.18 Å². The molecule has 106 valence electrons. The summed E-state index contributed by atoms with van der Waals surface area (Å²) in [7, 11) is 0. The van der Waals surface area contributed by atoms with Gasteiger partial charge in [0.2, 0.25) is 0 Å². The first-order chi connectivity index (χ1) is 9.85. The Morgan fingerprint density at radius 2 is 1.85 bits per heavy atom. The van der Waals surface area contributed by atoms with Crippen LogP contribution in [-0.2, 0) is 17.0 Å². The highest BCUT2D eigenvalue weighted by molar-refractivity contribution is 7.93. The Bertz CT molecular complexity index is 522. The largest absolute Gasteiger partial charge is 0.316 e. The summed E-state index contributed by atoms with van der Waals surface area (Å²) in [6, 6.07) is 17.5. The first-order valence-corrected chi connectivity index (χ1v) is 8.33. The van der Waals surface area contributed by atoms with Crippen molar-refractivity contribution in [3.8, 4) is 11.1 Å². The minimum atomic E-state index is 0.822. The monoisotopic (exact) mass is 286 g/mol. The van der Waals surface area contributed by atoms with Gasteiger partial charge >= 0.3 is 0 Å². The predicted molar refractivity (Wildman–Crippen MR) is 89.0 cm³/mol. The molecule has 0 aromatic heterocycles. The van der Waals surface area contributed by atoms with Crippen LogP contribution in [0.5, 0.6) is 0 Å². The lowest BCUT2D eigenvalue weighted by atomic mass is 9.95. The molecule has 0 aliphatic carbocycles. The van der Waals surface area contributed by atoms with E-state index in [1.165, 1.54) is 34.3 Å². The van der Waals surface area contributed by atoms with Crippen LogP contribution in [-0.4, -0.2) is 12.9 Å². The normalized spacial score (nSPS) is 10.7. The molecule has 0 heterocycles. The molecular formula is C18H22OS. The summed E-state index contributed by atoms with van der Waals surface area (Å²) in [4.78, 5) is 0. The molecule has 0 amide bonds. The number of hydrogen-bond donors (Lipinski definition) is 0. The van der Waals surface area contributed by atoms with E-state index in [4.69, 9.17) is 4.18 Å². The van der Waals surface area contributed by atoms with E-state index in [9.17, 15) is 0 Å². The molecule has 1 nitrogen and oxygen atoms in total. The van der Waals surface area contributed by atoms with Crippen molar-refractivity contribution >= 4 is 12.0 Å². The van der Waals surface area contributed by atoms with Crippen molar-refractivity contribution in [2.45, 2.75) is 26.2 Å². The summed E-state index contributed by atoms with van der Waals surface area (Å²) in [6.07, 6.45) is 5.19. The van der Waals surface area contributed by atoms with E-state index in [0.29, 0.717) is 0 Å². The summed E-state index contributed by atoms with van der Waals surface area (Å²) >= 11 is 1.44. The summed E-state index contributed by atoms with van der Waals surface area (Å²) in [6.45, 7) is 3.05. The van der Waals surface area contributed by atoms with Gasteiger partial charge < -0.3 is 4.18 Å². The molecule has 0 spiro atoms. The second-order valence-corrected chi connectivity index (χ2v) is 5.37. The molecule has 0 bridgehead atoms. The third-order valence-electron chi connectivity index (χ3n) is 3.45. The van der Waals surface area contributed by atoms with Crippen molar-refractivity contribution in [2.24, 2.45) is 0 Å². The highest BCUT2D eigenvalue weighted by Gasteiger charge is 2.05. The van der Waals surface area contributed by atoms with Crippen molar-refractivity contribution in [1.29, 1.82) is 0 Å². The second kappa shape index (κ2) is 8.13. The van der Waals surface area contributed by atoms with Crippen LogP contribution in [0.2, 0.25) is 0 Å². The fourth-order valence-corrected chi connectivity index (χ4v) is 2.70. The minimum absolute atomic E-state index is 0.822. The summed E-state index contributed by atoms with van der Waals surface area (Å²) in [5, 5.41) is 0. The number of benzene rings is 2. The molecule has 0 N–H and O–H groups in total. The Balaban J connectivity index is 2.12. The Hall–Kier alpha value is -1.25. The third kappa shape index (κ3) is 4.12. The van der Waals surface area contributed by atoms with Gasteiger partial charge in [0.15, 0.2) is 0 Å². The summed E-state index contributed by atoms with van der Waals surface area (Å²) in [5.74, 6) is 0. The first kappa shape index (κ1) is 15.1. The van der Waals surface area contributed by atoms with Crippen LogP contribution in [0, 0.1) is 0 Å². The Kier molecular flexibility index (Phi) is 6.16. The van der Waals surface area contributed by atoms with Crippen LogP contribution < -0.4 is 0 Å². The fraction of sp³-hybridized carbons (Fsp3) is 0.333. The molecule has 0 saturated carbocycles.